The van der Waals surface area contributed by atoms with Crippen molar-refractivity contribution in [2.75, 3.05) is 20.1 Å². The van der Waals surface area contributed by atoms with Crippen molar-refractivity contribution in [3.8, 4) is 0 Å². The van der Waals surface area contributed by atoms with E-state index in [9.17, 15) is 21.6 Å². The molecule has 0 aliphatic carbocycles. The largest absolute Gasteiger partial charge is 0.416 e. The van der Waals surface area contributed by atoms with Crippen molar-refractivity contribution in [2.24, 2.45) is 0 Å². The molecule has 108 valence electrons. The highest BCUT2D eigenvalue weighted by Gasteiger charge is 2.34. The van der Waals surface area contributed by atoms with Crippen LogP contribution in [0.4, 0.5) is 13.2 Å². The molecule has 1 rings (SSSR count). The van der Waals surface area contributed by atoms with E-state index in [0.717, 1.165) is 25.1 Å². The molecule has 0 aliphatic heterocycles. The second-order valence-corrected chi connectivity index (χ2v) is 5.66. The van der Waals surface area contributed by atoms with E-state index in [4.69, 9.17) is 0 Å². The van der Waals surface area contributed by atoms with Gasteiger partial charge in [0.1, 0.15) is 0 Å². The zero-order valence-corrected chi connectivity index (χ0v) is 11.3. The highest BCUT2D eigenvalue weighted by Crippen LogP contribution is 2.33. The summed E-state index contributed by atoms with van der Waals surface area (Å²) in [4.78, 5) is -0.349. The molecule has 1 aromatic rings. The van der Waals surface area contributed by atoms with Crippen molar-refractivity contribution in [2.45, 2.75) is 18.0 Å². The van der Waals surface area contributed by atoms with Gasteiger partial charge in [0.15, 0.2) is 0 Å². The molecule has 0 amide bonds. The molecule has 0 fully saturated rings. The third kappa shape index (κ3) is 3.92. The number of likely N-dealkylation sites (N-methyl/N-ethyl adjacent to an activating group) is 1. The molecule has 0 bridgehead atoms. The van der Waals surface area contributed by atoms with Gasteiger partial charge in [0.2, 0.25) is 10.0 Å². The van der Waals surface area contributed by atoms with Crippen molar-refractivity contribution in [1.29, 1.82) is 0 Å². The van der Waals surface area contributed by atoms with E-state index in [1.54, 1.807) is 7.05 Å². The maximum absolute atomic E-state index is 12.7. The number of benzene rings is 1. The summed E-state index contributed by atoms with van der Waals surface area (Å²) >= 11 is 0. The molecule has 0 saturated carbocycles. The monoisotopic (exact) mass is 296 g/mol. The first-order chi connectivity index (χ1) is 8.70. The SMILES string of the molecule is CNCCNS(=O)(=O)c1cccc(C(F)(F)F)c1C. The van der Waals surface area contributed by atoms with Gasteiger partial charge in [-0.25, -0.2) is 13.1 Å². The van der Waals surface area contributed by atoms with Gasteiger partial charge < -0.3 is 5.32 Å². The van der Waals surface area contributed by atoms with Gasteiger partial charge >= 0.3 is 6.18 Å². The molecule has 0 radical (unpaired) electrons. The second kappa shape index (κ2) is 5.89. The first-order valence-electron chi connectivity index (χ1n) is 5.51. The predicted octanol–water partition coefficient (Wildman–Crippen LogP) is 1.51. The van der Waals surface area contributed by atoms with E-state index < -0.39 is 21.8 Å². The maximum atomic E-state index is 12.7. The molecule has 0 heterocycles. The molecule has 2 N–H and O–H groups in total. The maximum Gasteiger partial charge on any atom is 0.416 e. The highest BCUT2D eigenvalue weighted by atomic mass is 32.2. The lowest BCUT2D eigenvalue weighted by Crippen LogP contribution is -2.31. The first kappa shape index (κ1) is 15.9. The minimum absolute atomic E-state index is 0.106. The molecule has 4 nitrogen and oxygen atoms in total. The van der Waals surface area contributed by atoms with Crippen LogP contribution >= 0.6 is 0 Å². The Labute approximate surface area is 110 Å². The zero-order chi connectivity index (χ0) is 14.7. The van der Waals surface area contributed by atoms with E-state index in [1.165, 1.54) is 0 Å². The lowest BCUT2D eigenvalue weighted by molar-refractivity contribution is -0.138. The quantitative estimate of drug-likeness (QED) is 0.810. The van der Waals surface area contributed by atoms with Crippen LogP contribution in [0.3, 0.4) is 0 Å². The lowest BCUT2D eigenvalue weighted by Gasteiger charge is -2.14. The summed E-state index contributed by atoms with van der Waals surface area (Å²) < 4.78 is 64.1. The van der Waals surface area contributed by atoms with E-state index in [1.807, 2.05) is 0 Å². The standard InChI is InChI=1S/C11H15F3N2O2S/c1-8-9(11(12,13)14)4-3-5-10(8)19(17,18)16-7-6-15-2/h3-5,15-16H,6-7H2,1-2H3. The molecule has 1 aromatic carbocycles. The van der Waals surface area contributed by atoms with E-state index >= 15 is 0 Å². The van der Waals surface area contributed by atoms with Crippen molar-refractivity contribution in [3.05, 3.63) is 29.3 Å². The van der Waals surface area contributed by atoms with E-state index in [0.29, 0.717) is 6.54 Å². The zero-order valence-electron chi connectivity index (χ0n) is 10.5. The number of hydrogen-bond acceptors (Lipinski definition) is 3. The second-order valence-electron chi connectivity index (χ2n) is 3.93. The van der Waals surface area contributed by atoms with Gasteiger partial charge in [-0.2, -0.15) is 13.2 Å². The molecule has 0 spiro atoms. The molecule has 0 aromatic heterocycles. The Bertz CT molecular complexity index is 541. The summed E-state index contributed by atoms with van der Waals surface area (Å²) in [6, 6.07) is 3.11. The van der Waals surface area contributed by atoms with Gasteiger partial charge in [-0.15, -0.1) is 0 Å². The molecule has 8 heteroatoms. The topological polar surface area (TPSA) is 58.2 Å². The van der Waals surface area contributed by atoms with Gasteiger partial charge in [0.25, 0.3) is 0 Å². The summed E-state index contributed by atoms with van der Waals surface area (Å²) in [6.45, 7) is 1.64. The van der Waals surface area contributed by atoms with Crippen LogP contribution in [0.5, 0.6) is 0 Å². The van der Waals surface area contributed by atoms with E-state index in [2.05, 4.69) is 10.0 Å². The number of sulfonamides is 1. The van der Waals surface area contributed by atoms with Gasteiger partial charge in [0, 0.05) is 13.1 Å². The number of hydrogen-bond donors (Lipinski definition) is 2. The Morgan fingerprint density at radius 2 is 1.84 bits per heavy atom. The van der Waals surface area contributed by atoms with Crippen LogP contribution in [0.15, 0.2) is 23.1 Å². The Morgan fingerprint density at radius 3 is 2.37 bits per heavy atom. The molecular formula is C11H15F3N2O2S. The summed E-state index contributed by atoms with van der Waals surface area (Å²) in [5.74, 6) is 0. The minimum atomic E-state index is -4.57. The minimum Gasteiger partial charge on any atom is -0.318 e. The predicted molar refractivity (Wildman–Crippen MR) is 65.3 cm³/mol. The number of alkyl halides is 3. The summed E-state index contributed by atoms with van der Waals surface area (Å²) in [7, 11) is -2.29. The Balaban J connectivity index is 3.15. The molecule has 19 heavy (non-hydrogen) atoms. The average Bonchev–Trinajstić information content (AvgIpc) is 2.27. The molecule has 0 aliphatic rings. The fourth-order valence-corrected chi connectivity index (χ4v) is 2.90. The van der Waals surface area contributed by atoms with Crippen molar-refractivity contribution in [1.82, 2.24) is 10.0 Å². The average molecular weight is 296 g/mol. The highest BCUT2D eigenvalue weighted by molar-refractivity contribution is 7.89. The third-order valence-corrected chi connectivity index (χ3v) is 4.15. The van der Waals surface area contributed by atoms with Gasteiger partial charge in [0.05, 0.1) is 10.5 Å². The number of nitrogens with one attached hydrogen (secondary N) is 2. The molecule has 0 atom stereocenters. The van der Waals surface area contributed by atoms with Crippen LogP contribution in [-0.4, -0.2) is 28.6 Å². The molecule has 0 saturated heterocycles. The van der Waals surface area contributed by atoms with Gasteiger partial charge in [-0.05, 0) is 31.7 Å². The number of rotatable bonds is 5. The fourth-order valence-electron chi connectivity index (χ4n) is 1.60. The Morgan fingerprint density at radius 1 is 1.21 bits per heavy atom. The van der Waals surface area contributed by atoms with Crippen LogP contribution in [-0.2, 0) is 16.2 Å². The first-order valence-corrected chi connectivity index (χ1v) is 6.99. The smallest absolute Gasteiger partial charge is 0.318 e. The fraction of sp³-hybridized carbons (Fsp3) is 0.455. The summed E-state index contributed by atoms with van der Waals surface area (Å²) in [5.41, 5.74) is -1.24. The Hall–Kier alpha value is -1.12. The van der Waals surface area contributed by atoms with Crippen LogP contribution < -0.4 is 10.0 Å². The van der Waals surface area contributed by atoms with Gasteiger partial charge in [-0.3, -0.25) is 0 Å². The van der Waals surface area contributed by atoms with Crippen LogP contribution in [0, 0.1) is 6.92 Å². The van der Waals surface area contributed by atoms with Gasteiger partial charge in [-0.1, -0.05) is 6.07 Å². The summed E-state index contributed by atoms with van der Waals surface area (Å²) in [5, 5.41) is 2.74. The number of halogens is 3. The van der Waals surface area contributed by atoms with Crippen molar-refractivity contribution < 1.29 is 21.6 Å². The van der Waals surface area contributed by atoms with Crippen LogP contribution in [0.2, 0.25) is 0 Å². The van der Waals surface area contributed by atoms with Crippen LogP contribution in [0.1, 0.15) is 11.1 Å². The normalized spacial score (nSPS) is 12.7. The van der Waals surface area contributed by atoms with Crippen LogP contribution in [0.25, 0.3) is 0 Å². The van der Waals surface area contributed by atoms with Crippen molar-refractivity contribution in [3.63, 3.8) is 0 Å². The lowest BCUT2D eigenvalue weighted by atomic mass is 10.1. The van der Waals surface area contributed by atoms with Crippen molar-refractivity contribution >= 4 is 10.0 Å². The molecule has 0 unspecified atom stereocenters. The molecular weight excluding hydrogens is 281 g/mol. The Kier molecular flexibility index (Phi) is 4.94. The van der Waals surface area contributed by atoms with E-state index in [-0.39, 0.29) is 17.0 Å². The third-order valence-electron chi connectivity index (χ3n) is 2.55. The summed E-state index contributed by atoms with van der Waals surface area (Å²) in [6.07, 6.45) is -4.57.